The minimum absolute atomic E-state index is 0.106. The van der Waals surface area contributed by atoms with Gasteiger partial charge in [0.2, 0.25) is 17.4 Å². The standard InChI is InChI=1S/C17H13Cl2NO5S/c18-12-6-11(7-13(19)8-12)15-14(21)16(17(20)24-15)25-26(22,23)9-10-4-2-1-3-5-10/h1-8,15H,9,20H2/t15-/m1/s1/i9D2,15D. The van der Waals surface area contributed by atoms with E-state index in [-0.39, 0.29) is 21.2 Å². The molecular formula is C17H13Cl2NO5S. The SMILES string of the molecule is [2H]C([2H])(c1ccccc1)S(=O)(=O)OC1=C(N)O[C@]([2H])(c2cc(Cl)cc(Cl)c2)C1=O. The van der Waals surface area contributed by atoms with Crippen LogP contribution >= 0.6 is 23.2 Å². The molecule has 0 aliphatic carbocycles. The zero-order chi connectivity index (χ0) is 21.6. The van der Waals surface area contributed by atoms with Gasteiger partial charge in [-0.05, 0) is 23.8 Å². The molecule has 1 aliphatic heterocycles. The van der Waals surface area contributed by atoms with Gasteiger partial charge in [0.1, 0.15) is 5.70 Å². The van der Waals surface area contributed by atoms with Gasteiger partial charge >= 0.3 is 10.1 Å². The first kappa shape index (κ1) is 14.9. The molecule has 0 bridgehead atoms. The fourth-order valence-electron chi connectivity index (χ4n) is 2.15. The van der Waals surface area contributed by atoms with Crippen molar-refractivity contribution in [3.63, 3.8) is 0 Å². The Bertz CT molecular complexity index is 1100. The molecule has 0 saturated carbocycles. The molecule has 6 nitrogen and oxygen atoms in total. The molecule has 9 heteroatoms. The molecule has 0 aromatic heterocycles. The van der Waals surface area contributed by atoms with E-state index in [0.717, 1.165) is 0 Å². The van der Waals surface area contributed by atoms with E-state index < -0.39 is 39.3 Å². The average molecular weight is 417 g/mol. The van der Waals surface area contributed by atoms with Crippen molar-refractivity contribution in [3.05, 3.63) is 81.3 Å². The molecular weight excluding hydrogens is 401 g/mol. The van der Waals surface area contributed by atoms with Crippen LogP contribution in [0.5, 0.6) is 0 Å². The monoisotopic (exact) mass is 416 g/mol. The number of Topliss-reactive ketones (excluding diaryl/α,β-unsaturated/α-hetero) is 1. The number of hydrogen-bond acceptors (Lipinski definition) is 6. The highest BCUT2D eigenvalue weighted by atomic mass is 35.5. The molecule has 2 aromatic carbocycles. The normalized spacial score (nSPS) is 22.4. The van der Waals surface area contributed by atoms with Gasteiger partial charge in [-0.25, -0.2) is 0 Å². The molecule has 136 valence electrons. The van der Waals surface area contributed by atoms with E-state index in [2.05, 4.69) is 0 Å². The second-order valence-electron chi connectivity index (χ2n) is 5.12. The number of rotatable bonds is 5. The lowest BCUT2D eigenvalue weighted by Gasteiger charge is -2.11. The smallest absolute Gasteiger partial charge is 0.313 e. The van der Waals surface area contributed by atoms with Crippen molar-refractivity contribution in [1.82, 2.24) is 0 Å². The number of carbonyl (C=O) groups excluding carboxylic acids is 1. The van der Waals surface area contributed by atoms with Gasteiger partial charge in [0.05, 0.1) is 4.11 Å². The molecule has 0 radical (unpaired) electrons. The first-order valence-corrected chi connectivity index (χ1v) is 9.24. The predicted molar refractivity (Wildman–Crippen MR) is 96.7 cm³/mol. The van der Waals surface area contributed by atoms with Gasteiger partial charge in [0, 0.05) is 15.6 Å². The van der Waals surface area contributed by atoms with Crippen molar-refractivity contribution in [2.75, 3.05) is 0 Å². The number of hydrogen-bond donors (Lipinski definition) is 1. The Hall–Kier alpha value is -2.22. The van der Waals surface area contributed by atoms with E-state index in [1.165, 1.54) is 42.5 Å². The van der Waals surface area contributed by atoms with Crippen molar-refractivity contribution < 1.29 is 26.2 Å². The first-order valence-electron chi connectivity index (χ1n) is 8.58. The third-order valence-corrected chi connectivity index (χ3v) is 4.49. The number of nitrogens with two attached hydrogens (primary N) is 1. The van der Waals surface area contributed by atoms with Gasteiger partial charge in [0.15, 0.2) is 6.08 Å². The molecule has 0 unspecified atom stereocenters. The van der Waals surface area contributed by atoms with Crippen LogP contribution in [0.15, 0.2) is 60.2 Å². The van der Waals surface area contributed by atoms with Crippen molar-refractivity contribution in [3.8, 4) is 0 Å². The Labute approximate surface area is 164 Å². The van der Waals surface area contributed by atoms with E-state index >= 15 is 0 Å². The molecule has 0 amide bonds. The molecule has 0 fully saturated rings. The van der Waals surface area contributed by atoms with Crippen LogP contribution < -0.4 is 5.73 Å². The lowest BCUT2D eigenvalue weighted by molar-refractivity contribution is -0.123. The van der Waals surface area contributed by atoms with Gasteiger partial charge in [-0.15, -0.1) is 0 Å². The topological polar surface area (TPSA) is 95.7 Å². The minimum Gasteiger partial charge on any atom is -0.460 e. The Morgan fingerprint density at radius 3 is 2.42 bits per heavy atom. The predicted octanol–water partition coefficient (Wildman–Crippen LogP) is 3.31. The Kier molecular flexibility index (Phi) is 4.12. The quantitative estimate of drug-likeness (QED) is 0.750. The number of ketones is 1. The molecule has 3 rings (SSSR count). The summed E-state index contributed by atoms with van der Waals surface area (Å²) in [5.41, 5.74) is 2.26. The molecule has 0 saturated heterocycles. The van der Waals surface area contributed by atoms with Crippen LogP contribution in [0, 0.1) is 0 Å². The van der Waals surface area contributed by atoms with Crippen molar-refractivity contribution in [1.29, 1.82) is 0 Å². The van der Waals surface area contributed by atoms with Gasteiger partial charge in [0.25, 0.3) is 0 Å². The summed E-state index contributed by atoms with van der Waals surface area (Å²) in [5, 5.41) is 0.216. The molecule has 0 spiro atoms. The third-order valence-electron chi connectivity index (χ3n) is 3.18. The summed E-state index contributed by atoms with van der Waals surface area (Å²) < 4.78 is 59.1. The summed E-state index contributed by atoms with van der Waals surface area (Å²) in [6.45, 7) is 0. The average Bonchev–Trinajstić information content (AvgIpc) is 2.85. The van der Waals surface area contributed by atoms with Crippen molar-refractivity contribution in [2.24, 2.45) is 5.73 Å². The maximum atomic E-state index is 12.8. The van der Waals surface area contributed by atoms with E-state index in [9.17, 15) is 13.2 Å². The summed E-state index contributed by atoms with van der Waals surface area (Å²) in [7, 11) is -5.05. The Morgan fingerprint density at radius 1 is 1.19 bits per heavy atom. The maximum absolute atomic E-state index is 12.8. The lowest BCUT2D eigenvalue weighted by atomic mass is 10.1. The van der Waals surface area contributed by atoms with Gasteiger partial charge in [-0.2, -0.15) is 8.42 Å². The van der Waals surface area contributed by atoms with Crippen LogP contribution in [0.2, 0.25) is 10.0 Å². The highest BCUT2D eigenvalue weighted by Gasteiger charge is 2.39. The first-order chi connectivity index (χ1) is 13.4. The number of benzene rings is 2. The highest BCUT2D eigenvalue weighted by Crippen LogP contribution is 2.35. The van der Waals surface area contributed by atoms with Crippen LogP contribution in [0.4, 0.5) is 0 Å². The van der Waals surface area contributed by atoms with Crippen LogP contribution in [0.3, 0.4) is 0 Å². The number of halogens is 2. The summed E-state index contributed by atoms with van der Waals surface area (Å²) in [4.78, 5) is 12.8. The number of carbonyl (C=O) groups is 1. The van der Waals surface area contributed by atoms with Crippen LogP contribution in [0.25, 0.3) is 0 Å². The van der Waals surface area contributed by atoms with Crippen LogP contribution in [-0.2, 0) is 29.5 Å². The van der Waals surface area contributed by atoms with Crippen molar-refractivity contribution >= 4 is 39.1 Å². The maximum Gasteiger partial charge on any atom is 0.313 e. The fraction of sp³-hybridized carbons (Fsp3) is 0.118. The summed E-state index contributed by atoms with van der Waals surface area (Å²) in [6, 6.07) is 10.8. The number of ether oxygens (including phenoxy) is 1. The minimum atomic E-state index is -5.05. The second kappa shape index (κ2) is 7.19. The molecule has 26 heavy (non-hydrogen) atoms. The Morgan fingerprint density at radius 2 is 1.81 bits per heavy atom. The zero-order valence-electron chi connectivity index (χ0n) is 15.9. The summed E-state index contributed by atoms with van der Waals surface area (Å²) in [6.07, 6.45) is -2.50. The fourth-order valence-corrected chi connectivity index (χ4v) is 3.52. The second-order valence-corrected chi connectivity index (χ2v) is 7.27. The summed E-state index contributed by atoms with van der Waals surface area (Å²) in [5.74, 6) is -3.04. The highest BCUT2D eigenvalue weighted by molar-refractivity contribution is 7.86. The zero-order valence-corrected chi connectivity index (χ0v) is 15.2. The largest absolute Gasteiger partial charge is 0.460 e. The Balaban J connectivity index is 1.96. The van der Waals surface area contributed by atoms with Gasteiger partial charge in [-0.1, -0.05) is 53.5 Å². The molecule has 1 heterocycles. The molecule has 2 aromatic rings. The summed E-state index contributed by atoms with van der Waals surface area (Å²) >= 11 is 11.8. The van der Waals surface area contributed by atoms with Crippen LogP contribution in [0.1, 0.15) is 21.3 Å². The molecule has 1 atom stereocenters. The third kappa shape index (κ3) is 4.12. The van der Waals surface area contributed by atoms with Gasteiger partial charge < -0.3 is 14.7 Å². The van der Waals surface area contributed by atoms with Crippen molar-refractivity contribution in [2.45, 2.75) is 11.8 Å². The van der Waals surface area contributed by atoms with E-state index in [0.29, 0.717) is 0 Å². The van der Waals surface area contributed by atoms with E-state index in [4.69, 9.17) is 42.0 Å². The van der Waals surface area contributed by atoms with E-state index in [1.807, 2.05) is 0 Å². The lowest BCUT2D eigenvalue weighted by Crippen LogP contribution is -2.16. The molecule has 2 N–H and O–H groups in total. The van der Waals surface area contributed by atoms with E-state index in [1.54, 1.807) is 6.07 Å². The van der Waals surface area contributed by atoms with Gasteiger partial charge in [-0.3, -0.25) is 4.79 Å². The molecule has 1 aliphatic rings. The van der Waals surface area contributed by atoms with Crippen LogP contribution in [-0.4, -0.2) is 14.2 Å².